The van der Waals surface area contributed by atoms with Crippen molar-refractivity contribution in [3.63, 3.8) is 0 Å². The van der Waals surface area contributed by atoms with Gasteiger partial charge in [0, 0.05) is 19.6 Å². The standard InChI is InChI=1S/C16H21N5O2S/c17-16-20-19-15(24-16)9-18-14(22)8-13-11-21(6-7-23-13)10-12-4-2-1-3-5-12/h1-5,13H,6-11H2,(H2,17,20)(H,18,22)/t13-/m1/s1. The summed E-state index contributed by atoms with van der Waals surface area (Å²) in [5, 5.41) is 11.6. The fourth-order valence-corrected chi connectivity index (χ4v) is 3.23. The number of hydrogen-bond acceptors (Lipinski definition) is 7. The molecule has 1 aliphatic heterocycles. The number of morpholine rings is 1. The Morgan fingerprint density at radius 1 is 1.38 bits per heavy atom. The lowest BCUT2D eigenvalue weighted by atomic mass is 10.1. The van der Waals surface area contributed by atoms with Gasteiger partial charge in [0.1, 0.15) is 5.01 Å². The molecule has 24 heavy (non-hydrogen) atoms. The van der Waals surface area contributed by atoms with Crippen LogP contribution in [-0.2, 0) is 22.6 Å². The van der Waals surface area contributed by atoms with Crippen LogP contribution in [0.25, 0.3) is 0 Å². The van der Waals surface area contributed by atoms with Gasteiger partial charge in [0.2, 0.25) is 11.0 Å². The summed E-state index contributed by atoms with van der Waals surface area (Å²) < 4.78 is 5.72. The maximum atomic E-state index is 12.1. The van der Waals surface area contributed by atoms with Gasteiger partial charge < -0.3 is 15.8 Å². The smallest absolute Gasteiger partial charge is 0.223 e. The minimum Gasteiger partial charge on any atom is -0.375 e. The van der Waals surface area contributed by atoms with Crippen molar-refractivity contribution < 1.29 is 9.53 Å². The molecule has 128 valence electrons. The number of anilines is 1. The van der Waals surface area contributed by atoms with E-state index >= 15 is 0 Å². The molecule has 0 bridgehead atoms. The summed E-state index contributed by atoms with van der Waals surface area (Å²) in [7, 11) is 0. The van der Waals surface area contributed by atoms with Gasteiger partial charge in [0.25, 0.3) is 0 Å². The summed E-state index contributed by atoms with van der Waals surface area (Å²) in [5.74, 6) is -0.0460. The number of amides is 1. The Morgan fingerprint density at radius 2 is 2.21 bits per heavy atom. The van der Waals surface area contributed by atoms with Gasteiger partial charge in [-0.1, -0.05) is 41.7 Å². The minimum atomic E-state index is -0.0815. The topological polar surface area (TPSA) is 93.4 Å². The van der Waals surface area contributed by atoms with Crippen molar-refractivity contribution in [1.82, 2.24) is 20.4 Å². The maximum absolute atomic E-state index is 12.1. The number of nitrogen functional groups attached to an aromatic ring is 1. The summed E-state index contributed by atoms with van der Waals surface area (Å²) in [6.07, 6.45) is 0.265. The second-order valence-electron chi connectivity index (χ2n) is 5.73. The first-order chi connectivity index (χ1) is 11.7. The molecular formula is C16H21N5O2S. The largest absolute Gasteiger partial charge is 0.375 e. The number of nitrogens with zero attached hydrogens (tertiary/aromatic N) is 3. The van der Waals surface area contributed by atoms with E-state index in [2.05, 4.69) is 32.5 Å². The molecule has 2 aromatic rings. The number of ether oxygens (including phenoxy) is 1. The number of nitrogens with two attached hydrogens (primary N) is 1. The average Bonchev–Trinajstić information content (AvgIpc) is 3.00. The van der Waals surface area contributed by atoms with E-state index in [1.54, 1.807) is 0 Å². The molecule has 1 amide bonds. The highest BCUT2D eigenvalue weighted by molar-refractivity contribution is 7.15. The number of benzene rings is 1. The van der Waals surface area contributed by atoms with Gasteiger partial charge in [0.05, 0.1) is 25.7 Å². The molecule has 0 radical (unpaired) electrons. The number of rotatable bonds is 6. The summed E-state index contributed by atoms with van der Waals surface area (Å²) in [5.41, 5.74) is 6.79. The second kappa shape index (κ2) is 8.18. The minimum absolute atomic E-state index is 0.0460. The average molecular weight is 347 g/mol. The van der Waals surface area contributed by atoms with Crippen LogP contribution < -0.4 is 11.1 Å². The molecule has 0 aliphatic carbocycles. The summed E-state index contributed by atoms with van der Waals surface area (Å²) in [6.45, 7) is 3.53. The highest BCUT2D eigenvalue weighted by Crippen LogP contribution is 2.13. The molecule has 1 fully saturated rings. The first-order valence-corrected chi connectivity index (χ1v) is 8.73. The van der Waals surface area contributed by atoms with E-state index in [1.807, 2.05) is 18.2 Å². The van der Waals surface area contributed by atoms with E-state index in [1.165, 1.54) is 16.9 Å². The van der Waals surface area contributed by atoms with E-state index in [-0.39, 0.29) is 12.0 Å². The van der Waals surface area contributed by atoms with Gasteiger partial charge in [-0.3, -0.25) is 9.69 Å². The number of nitrogens with one attached hydrogen (secondary N) is 1. The van der Waals surface area contributed by atoms with E-state index in [9.17, 15) is 4.79 Å². The molecule has 8 heteroatoms. The van der Waals surface area contributed by atoms with Crippen molar-refractivity contribution in [3.05, 3.63) is 40.9 Å². The fraction of sp³-hybridized carbons (Fsp3) is 0.438. The van der Waals surface area contributed by atoms with Crippen LogP contribution in [-0.4, -0.2) is 46.8 Å². The Bertz CT molecular complexity index is 663. The molecule has 3 rings (SSSR count). The Morgan fingerprint density at radius 3 is 2.96 bits per heavy atom. The first kappa shape index (κ1) is 16.8. The monoisotopic (exact) mass is 347 g/mol. The Labute approximate surface area is 144 Å². The van der Waals surface area contributed by atoms with Crippen molar-refractivity contribution in [2.24, 2.45) is 0 Å². The lowest BCUT2D eigenvalue weighted by Crippen LogP contribution is -2.44. The highest BCUT2D eigenvalue weighted by atomic mass is 32.1. The molecular weight excluding hydrogens is 326 g/mol. The third kappa shape index (κ3) is 4.98. The van der Waals surface area contributed by atoms with Crippen LogP contribution in [0.4, 0.5) is 5.13 Å². The molecule has 1 aromatic heterocycles. The van der Waals surface area contributed by atoms with E-state index in [0.717, 1.165) is 19.6 Å². The van der Waals surface area contributed by atoms with E-state index in [0.29, 0.717) is 29.7 Å². The van der Waals surface area contributed by atoms with Crippen molar-refractivity contribution in [3.8, 4) is 0 Å². The lowest BCUT2D eigenvalue weighted by molar-refractivity contribution is -0.126. The van der Waals surface area contributed by atoms with Crippen molar-refractivity contribution in [1.29, 1.82) is 0 Å². The SMILES string of the molecule is Nc1nnc(CNC(=O)C[C@@H]2CN(Cc3ccccc3)CCO2)s1. The predicted octanol–water partition coefficient (Wildman–Crippen LogP) is 1.03. The van der Waals surface area contributed by atoms with Crippen molar-refractivity contribution in [2.75, 3.05) is 25.4 Å². The summed E-state index contributed by atoms with van der Waals surface area (Å²) in [4.78, 5) is 14.4. The Hall–Kier alpha value is -2.03. The molecule has 7 nitrogen and oxygen atoms in total. The lowest BCUT2D eigenvalue weighted by Gasteiger charge is -2.32. The van der Waals surface area contributed by atoms with Crippen LogP contribution in [0.15, 0.2) is 30.3 Å². The number of aromatic nitrogens is 2. The third-order valence-electron chi connectivity index (χ3n) is 3.80. The highest BCUT2D eigenvalue weighted by Gasteiger charge is 2.23. The number of carbonyl (C=O) groups is 1. The molecule has 3 N–H and O–H groups in total. The molecule has 1 atom stereocenters. The fourth-order valence-electron chi connectivity index (χ4n) is 2.68. The van der Waals surface area contributed by atoms with E-state index in [4.69, 9.17) is 10.5 Å². The molecule has 0 unspecified atom stereocenters. The zero-order valence-corrected chi connectivity index (χ0v) is 14.2. The second-order valence-corrected chi connectivity index (χ2v) is 6.82. The molecule has 1 aromatic carbocycles. The zero-order valence-electron chi connectivity index (χ0n) is 13.4. The van der Waals surface area contributed by atoms with Crippen LogP contribution in [0.3, 0.4) is 0 Å². The van der Waals surface area contributed by atoms with Crippen LogP contribution >= 0.6 is 11.3 Å². The predicted molar refractivity (Wildman–Crippen MR) is 92.2 cm³/mol. The van der Waals surface area contributed by atoms with Gasteiger partial charge in [-0.2, -0.15) is 0 Å². The Balaban J connectivity index is 1.43. The van der Waals surface area contributed by atoms with Crippen LogP contribution in [0.5, 0.6) is 0 Å². The first-order valence-electron chi connectivity index (χ1n) is 7.91. The zero-order chi connectivity index (χ0) is 16.8. The number of carbonyl (C=O) groups excluding carboxylic acids is 1. The maximum Gasteiger partial charge on any atom is 0.223 e. The molecule has 1 saturated heterocycles. The Kier molecular flexibility index (Phi) is 5.73. The summed E-state index contributed by atoms with van der Waals surface area (Å²) >= 11 is 1.28. The normalized spacial score (nSPS) is 18.4. The quantitative estimate of drug-likeness (QED) is 0.811. The van der Waals surface area contributed by atoms with Crippen LogP contribution in [0, 0.1) is 0 Å². The van der Waals surface area contributed by atoms with Gasteiger partial charge in [-0.05, 0) is 5.56 Å². The molecule has 0 spiro atoms. The van der Waals surface area contributed by atoms with Crippen LogP contribution in [0.1, 0.15) is 17.0 Å². The van der Waals surface area contributed by atoms with Crippen molar-refractivity contribution in [2.45, 2.75) is 25.6 Å². The van der Waals surface area contributed by atoms with Crippen LogP contribution in [0.2, 0.25) is 0 Å². The van der Waals surface area contributed by atoms with Gasteiger partial charge >= 0.3 is 0 Å². The molecule has 1 aliphatic rings. The van der Waals surface area contributed by atoms with Gasteiger partial charge in [0.15, 0.2) is 0 Å². The van der Waals surface area contributed by atoms with E-state index < -0.39 is 0 Å². The third-order valence-corrected chi connectivity index (χ3v) is 4.56. The summed E-state index contributed by atoms with van der Waals surface area (Å²) in [6, 6.07) is 10.3. The molecule has 0 saturated carbocycles. The van der Waals surface area contributed by atoms with Crippen molar-refractivity contribution >= 4 is 22.4 Å². The van der Waals surface area contributed by atoms with Gasteiger partial charge in [-0.25, -0.2) is 0 Å². The van der Waals surface area contributed by atoms with Gasteiger partial charge in [-0.15, -0.1) is 10.2 Å². The molecule has 2 heterocycles. The number of hydrogen-bond donors (Lipinski definition) is 2.